The van der Waals surface area contributed by atoms with Gasteiger partial charge in [0.1, 0.15) is 11.5 Å². The van der Waals surface area contributed by atoms with Crippen LogP contribution in [0.3, 0.4) is 0 Å². The molecule has 2 aromatic heterocycles. The standard InChI is InChI=1S/C15H18N2O2S/c1-11-4-5-13(19-11)6-7-15(18)17(3)9-8-14-16-10-12(2)20-14/h4-7,10H,8-9H2,1-3H3. The van der Waals surface area contributed by atoms with E-state index in [9.17, 15) is 4.79 Å². The third kappa shape index (κ3) is 4.06. The van der Waals surface area contributed by atoms with Crippen LogP contribution in [0.5, 0.6) is 0 Å². The van der Waals surface area contributed by atoms with Gasteiger partial charge in [-0.25, -0.2) is 4.98 Å². The third-order valence-corrected chi connectivity index (χ3v) is 3.83. The Labute approximate surface area is 122 Å². The first kappa shape index (κ1) is 14.5. The molecule has 0 atom stereocenters. The molecule has 0 aromatic carbocycles. The Balaban J connectivity index is 1.84. The maximum Gasteiger partial charge on any atom is 0.246 e. The summed E-state index contributed by atoms with van der Waals surface area (Å²) in [6.07, 6.45) is 5.88. The number of rotatable bonds is 5. The summed E-state index contributed by atoms with van der Waals surface area (Å²) in [5.41, 5.74) is 0. The molecule has 2 heterocycles. The lowest BCUT2D eigenvalue weighted by Crippen LogP contribution is -2.26. The van der Waals surface area contributed by atoms with E-state index >= 15 is 0 Å². The predicted molar refractivity (Wildman–Crippen MR) is 80.7 cm³/mol. The summed E-state index contributed by atoms with van der Waals surface area (Å²) < 4.78 is 5.38. The average Bonchev–Trinajstić information content (AvgIpc) is 3.02. The van der Waals surface area contributed by atoms with E-state index in [1.54, 1.807) is 29.4 Å². The lowest BCUT2D eigenvalue weighted by molar-refractivity contribution is -0.124. The number of carbonyl (C=O) groups excluding carboxylic acids is 1. The van der Waals surface area contributed by atoms with E-state index in [1.165, 1.54) is 11.0 Å². The molecule has 0 N–H and O–H groups in total. The minimum absolute atomic E-state index is 0.0349. The molecule has 0 radical (unpaired) electrons. The molecule has 106 valence electrons. The van der Waals surface area contributed by atoms with Crippen molar-refractivity contribution in [1.29, 1.82) is 0 Å². The lowest BCUT2D eigenvalue weighted by atomic mass is 10.3. The number of furan rings is 1. The zero-order valence-electron chi connectivity index (χ0n) is 11.9. The van der Waals surface area contributed by atoms with Gasteiger partial charge in [0.2, 0.25) is 5.91 Å². The van der Waals surface area contributed by atoms with Crippen LogP contribution in [-0.2, 0) is 11.2 Å². The Morgan fingerprint density at radius 2 is 2.25 bits per heavy atom. The van der Waals surface area contributed by atoms with Gasteiger partial charge in [-0.1, -0.05) is 0 Å². The average molecular weight is 290 g/mol. The molecule has 0 unspecified atom stereocenters. The molecule has 20 heavy (non-hydrogen) atoms. The Morgan fingerprint density at radius 1 is 1.45 bits per heavy atom. The lowest BCUT2D eigenvalue weighted by Gasteiger charge is -2.13. The highest BCUT2D eigenvalue weighted by Gasteiger charge is 2.07. The number of amides is 1. The van der Waals surface area contributed by atoms with Crippen molar-refractivity contribution in [3.05, 3.63) is 45.8 Å². The van der Waals surface area contributed by atoms with Crippen LogP contribution in [0.15, 0.2) is 28.8 Å². The van der Waals surface area contributed by atoms with Gasteiger partial charge < -0.3 is 9.32 Å². The van der Waals surface area contributed by atoms with Crippen molar-refractivity contribution in [2.75, 3.05) is 13.6 Å². The minimum atomic E-state index is -0.0349. The third-order valence-electron chi connectivity index (χ3n) is 2.86. The van der Waals surface area contributed by atoms with Crippen LogP contribution in [0.25, 0.3) is 6.08 Å². The van der Waals surface area contributed by atoms with E-state index in [2.05, 4.69) is 4.98 Å². The van der Waals surface area contributed by atoms with Gasteiger partial charge in [0.25, 0.3) is 0 Å². The van der Waals surface area contributed by atoms with E-state index in [4.69, 9.17) is 4.42 Å². The summed E-state index contributed by atoms with van der Waals surface area (Å²) in [6, 6.07) is 3.72. The number of nitrogens with zero attached hydrogens (tertiary/aromatic N) is 2. The van der Waals surface area contributed by atoms with Crippen molar-refractivity contribution >= 4 is 23.3 Å². The molecule has 0 aliphatic heterocycles. The summed E-state index contributed by atoms with van der Waals surface area (Å²) >= 11 is 1.67. The van der Waals surface area contributed by atoms with Crippen LogP contribution in [0, 0.1) is 13.8 Å². The quantitative estimate of drug-likeness (QED) is 0.795. The van der Waals surface area contributed by atoms with Crippen LogP contribution >= 0.6 is 11.3 Å². The van der Waals surface area contributed by atoms with Crippen molar-refractivity contribution < 1.29 is 9.21 Å². The molecule has 0 saturated carbocycles. The van der Waals surface area contributed by atoms with Crippen molar-refractivity contribution in [3.63, 3.8) is 0 Å². The highest BCUT2D eigenvalue weighted by atomic mass is 32.1. The molecule has 5 heteroatoms. The highest BCUT2D eigenvalue weighted by molar-refractivity contribution is 7.11. The van der Waals surface area contributed by atoms with Gasteiger partial charge in [0, 0.05) is 37.2 Å². The van der Waals surface area contributed by atoms with E-state index < -0.39 is 0 Å². The van der Waals surface area contributed by atoms with Crippen LogP contribution in [0.2, 0.25) is 0 Å². The molecule has 4 nitrogen and oxygen atoms in total. The zero-order valence-corrected chi connectivity index (χ0v) is 12.7. The molecule has 0 spiro atoms. The first-order valence-corrected chi connectivity index (χ1v) is 7.27. The maximum absolute atomic E-state index is 11.9. The van der Waals surface area contributed by atoms with E-state index in [1.807, 2.05) is 32.2 Å². The Morgan fingerprint density at radius 3 is 2.85 bits per heavy atom. The number of thiazole rings is 1. The summed E-state index contributed by atoms with van der Waals surface area (Å²) in [7, 11) is 1.79. The molecule has 0 aliphatic rings. The summed E-state index contributed by atoms with van der Waals surface area (Å²) in [5, 5.41) is 1.06. The monoisotopic (exact) mass is 290 g/mol. The van der Waals surface area contributed by atoms with E-state index in [0.717, 1.165) is 17.2 Å². The van der Waals surface area contributed by atoms with Gasteiger partial charge in [-0.2, -0.15) is 0 Å². The Hall–Kier alpha value is -1.88. The van der Waals surface area contributed by atoms with Crippen molar-refractivity contribution in [2.24, 2.45) is 0 Å². The van der Waals surface area contributed by atoms with E-state index in [0.29, 0.717) is 12.3 Å². The van der Waals surface area contributed by atoms with Gasteiger partial charge in [-0.3, -0.25) is 4.79 Å². The topological polar surface area (TPSA) is 46.3 Å². The predicted octanol–water partition coefficient (Wildman–Crippen LogP) is 3.07. The largest absolute Gasteiger partial charge is 0.462 e. The fourth-order valence-corrected chi connectivity index (χ4v) is 2.49. The number of hydrogen-bond acceptors (Lipinski definition) is 4. The van der Waals surface area contributed by atoms with Crippen molar-refractivity contribution in [2.45, 2.75) is 20.3 Å². The number of carbonyl (C=O) groups is 1. The maximum atomic E-state index is 11.9. The second-order valence-electron chi connectivity index (χ2n) is 4.66. The minimum Gasteiger partial charge on any atom is -0.462 e. The van der Waals surface area contributed by atoms with Gasteiger partial charge in [-0.05, 0) is 32.1 Å². The van der Waals surface area contributed by atoms with Gasteiger partial charge >= 0.3 is 0 Å². The second kappa shape index (κ2) is 6.52. The summed E-state index contributed by atoms with van der Waals surface area (Å²) in [5.74, 6) is 1.50. The smallest absolute Gasteiger partial charge is 0.246 e. The molecule has 2 aromatic rings. The fourth-order valence-electron chi connectivity index (χ4n) is 1.71. The number of likely N-dealkylation sites (N-methyl/N-ethyl adjacent to an activating group) is 1. The molecule has 0 saturated heterocycles. The van der Waals surface area contributed by atoms with Crippen LogP contribution in [0.4, 0.5) is 0 Å². The fraction of sp³-hybridized carbons (Fsp3) is 0.333. The molecule has 1 amide bonds. The summed E-state index contributed by atoms with van der Waals surface area (Å²) in [4.78, 5) is 19.1. The Bertz CT molecular complexity index is 613. The molecular formula is C15H18N2O2S. The van der Waals surface area contributed by atoms with Crippen LogP contribution < -0.4 is 0 Å². The van der Waals surface area contributed by atoms with Crippen molar-refractivity contribution in [3.8, 4) is 0 Å². The van der Waals surface area contributed by atoms with Crippen LogP contribution in [-0.4, -0.2) is 29.4 Å². The molecule has 0 fully saturated rings. The molecule has 0 aliphatic carbocycles. The Kier molecular flexibility index (Phi) is 4.74. The number of aromatic nitrogens is 1. The van der Waals surface area contributed by atoms with E-state index in [-0.39, 0.29) is 5.91 Å². The normalized spacial score (nSPS) is 11.2. The molecule has 0 bridgehead atoms. The molecular weight excluding hydrogens is 272 g/mol. The first-order chi connectivity index (χ1) is 9.54. The van der Waals surface area contributed by atoms with Gasteiger partial charge in [0.05, 0.1) is 5.01 Å². The number of aryl methyl sites for hydroxylation is 2. The highest BCUT2D eigenvalue weighted by Crippen LogP contribution is 2.12. The summed E-state index contributed by atoms with van der Waals surface area (Å²) in [6.45, 7) is 4.57. The first-order valence-electron chi connectivity index (χ1n) is 6.45. The van der Waals surface area contributed by atoms with Gasteiger partial charge in [-0.15, -0.1) is 11.3 Å². The van der Waals surface area contributed by atoms with Gasteiger partial charge in [0.15, 0.2) is 0 Å². The van der Waals surface area contributed by atoms with Crippen LogP contribution in [0.1, 0.15) is 21.4 Å². The SMILES string of the molecule is Cc1ccc(C=CC(=O)N(C)CCc2ncc(C)s2)o1. The molecule has 2 rings (SSSR count). The second-order valence-corrected chi connectivity index (χ2v) is 5.98. The zero-order chi connectivity index (χ0) is 14.5. The number of hydrogen-bond donors (Lipinski definition) is 0. The van der Waals surface area contributed by atoms with Crippen molar-refractivity contribution in [1.82, 2.24) is 9.88 Å².